The zero-order chi connectivity index (χ0) is 44.7. The molecule has 4 aromatic rings. The van der Waals surface area contributed by atoms with Crippen LogP contribution >= 0.6 is 0 Å². The summed E-state index contributed by atoms with van der Waals surface area (Å²) >= 11 is 0. The number of piperidine rings is 3. The number of carbonyl (C=O) groups is 4. The number of benzene rings is 2. The number of nitrogens with one attached hydrogen (secondary N) is 2. The van der Waals surface area contributed by atoms with Gasteiger partial charge in [-0.05, 0) is 111 Å². The van der Waals surface area contributed by atoms with Crippen LogP contribution in [-0.4, -0.2) is 106 Å². The predicted molar refractivity (Wildman–Crippen MR) is 243 cm³/mol. The molecule has 64 heavy (non-hydrogen) atoms. The molecule has 2 aromatic carbocycles. The summed E-state index contributed by atoms with van der Waals surface area (Å²) < 4.78 is 12.9. The van der Waals surface area contributed by atoms with Gasteiger partial charge in [0.2, 0.25) is 17.7 Å². The van der Waals surface area contributed by atoms with Crippen LogP contribution in [0.4, 0.5) is 11.5 Å². The van der Waals surface area contributed by atoms with Gasteiger partial charge < -0.3 is 30.3 Å². The summed E-state index contributed by atoms with van der Waals surface area (Å²) in [6.45, 7) is 10.5. The molecule has 0 bridgehead atoms. The summed E-state index contributed by atoms with van der Waals surface area (Å²) in [7, 11) is 1.64. The zero-order valence-electron chi connectivity index (χ0n) is 37.4. The molecule has 15 heteroatoms. The number of nitrogens with zero attached hydrogens (tertiary/aromatic N) is 6. The number of methoxy groups -OCH3 is 1. The number of anilines is 2. The fourth-order valence-corrected chi connectivity index (χ4v) is 9.72. The van der Waals surface area contributed by atoms with Crippen molar-refractivity contribution >= 4 is 40.7 Å². The number of unbranched alkanes of at least 4 members (excludes halogenated alkanes) is 1. The maximum absolute atomic E-state index is 14.0. The minimum atomic E-state index is -0.355. The van der Waals surface area contributed by atoms with Crippen molar-refractivity contribution in [2.24, 2.45) is 5.92 Å². The molecule has 4 N–H and O–H groups in total. The van der Waals surface area contributed by atoms with Crippen LogP contribution in [0.15, 0.2) is 48.8 Å². The van der Waals surface area contributed by atoms with Crippen molar-refractivity contribution in [3.8, 4) is 11.8 Å². The van der Waals surface area contributed by atoms with Gasteiger partial charge in [-0.3, -0.25) is 29.4 Å². The van der Waals surface area contributed by atoms with E-state index in [4.69, 9.17) is 15.2 Å². The molecule has 4 aliphatic heterocycles. The molecule has 0 aliphatic carbocycles. The summed E-state index contributed by atoms with van der Waals surface area (Å²) in [5.41, 5.74) is 13.9. The number of rotatable bonds is 12. The average Bonchev–Trinajstić information content (AvgIpc) is 3.50. The second kappa shape index (κ2) is 20.5. The summed E-state index contributed by atoms with van der Waals surface area (Å²) in [5, 5.41) is 10.0. The zero-order valence-corrected chi connectivity index (χ0v) is 37.4. The number of amides is 4. The first-order valence-electron chi connectivity index (χ1n) is 22.9. The van der Waals surface area contributed by atoms with Crippen molar-refractivity contribution in [1.29, 1.82) is 0 Å². The Labute approximate surface area is 375 Å². The Morgan fingerprint density at radius 3 is 2.52 bits per heavy atom. The van der Waals surface area contributed by atoms with Gasteiger partial charge in [0.15, 0.2) is 5.82 Å². The van der Waals surface area contributed by atoms with Gasteiger partial charge in [0.05, 0.1) is 36.1 Å². The van der Waals surface area contributed by atoms with E-state index in [-0.39, 0.29) is 47.3 Å². The third kappa shape index (κ3) is 10.3. The molecule has 15 nitrogen and oxygen atoms in total. The van der Waals surface area contributed by atoms with Gasteiger partial charge >= 0.3 is 0 Å². The number of nitrogen functional groups attached to an aromatic ring is 1. The lowest BCUT2D eigenvalue weighted by Crippen LogP contribution is -2.52. The lowest BCUT2D eigenvalue weighted by atomic mass is 9.87. The Bertz CT molecular complexity index is 2400. The molecule has 4 amide bonds. The van der Waals surface area contributed by atoms with Crippen molar-refractivity contribution in [1.82, 2.24) is 34.6 Å². The Morgan fingerprint density at radius 1 is 1.00 bits per heavy atom. The number of nitrogens with two attached hydrogens (primary N) is 1. The number of aromatic nitrogens is 3. The molecule has 8 rings (SSSR count). The van der Waals surface area contributed by atoms with Crippen LogP contribution < -0.4 is 16.4 Å². The number of ether oxygens (including phenoxy) is 2. The predicted octanol–water partition coefficient (Wildman–Crippen LogP) is 5.57. The van der Waals surface area contributed by atoms with Gasteiger partial charge in [0.25, 0.3) is 5.91 Å². The quantitative estimate of drug-likeness (QED) is 0.0923. The van der Waals surface area contributed by atoms with Gasteiger partial charge in [-0.15, -0.1) is 0 Å². The van der Waals surface area contributed by atoms with Crippen LogP contribution in [0.1, 0.15) is 127 Å². The number of fused-ring (bicyclic) bond motifs is 2. The highest BCUT2D eigenvalue weighted by molar-refractivity contribution is 6.13. The van der Waals surface area contributed by atoms with E-state index in [1.165, 1.54) is 17.5 Å². The van der Waals surface area contributed by atoms with Crippen molar-refractivity contribution in [2.75, 3.05) is 57.6 Å². The molecule has 1 atom stereocenters. The summed E-state index contributed by atoms with van der Waals surface area (Å²) in [4.78, 5) is 62.4. The molecule has 0 spiro atoms. The van der Waals surface area contributed by atoms with E-state index in [1.54, 1.807) is 11.6 Å². The van der Waals surface area contributed by atoms with Gasteiger partial charge in [-0.1, -0.05) is 56.0 Å². The second-order valence-electron chi connectivity index (χ2n) is 18.0. The lowest BCUT2D eigenvalue weighted by Gasteiger charge is -2.33. The van der Waals surface area contributed by atoms with Gasteiger partial charge in [0.1, 0.15) is 18.6 Å². The van der Waals surface area contributed by atoms with E-state index >= 15 is 0 Å². The fourth-order valence-electron chi connectivity index (χ4n) is 9.72. The topological polar surface area (TPSA) is 177 Å². The molecule has 0 radical (unpaired) electrons. The number of likely N-dealkylation sites (tertiary alicyclic amines) is 2. The van der Waals surface area contributed by atoms with Crippen molar-refractivity contribution < 1.29 is 28.7 Å². The Balaban J connectivity index is 0.803. The van der Waals surface area contributed by atoms with E-state index in [9.17, 15) is 19.2 Å². The van der Waals surface area contributed by atoms with Crippen LogP contribution in [0, 0.1) is 17.8 Å². The molecule has 1 unspecified atom stereocenters. The van der Waals surface area contributed by atoms with E-state index < -0.39 is 0 Å². The van der Waals surface area contributed by atoms with Crippen LogP contribution in [0.2, 0.25) is 0 Å². The average molecular weight is 872 g/mol. The maximum Gasteiger partial charge on any atom is 0.259 e. The fraction of sp³-hybridized carbons (Fsp3) is 0.510. The van der Waals surface area contributed by atoms with Crippen molar-refractivity contribution in [2.45, 2.75) is 109 Å². The Hall–Kier alpha value is -5.66. The molecule has 4 aliphatic rings. The minimum Gasteiger partial charge on any atom is -0.382 e. The highest BCUT2D eigenvalue weighted by atomic mass is 16.5. The maximum atomic E-state index is 14.0. The van der Waals surface area contributed by atoms with E-state index in [2.05, 4.69) is 60.6 Å². The monoisotopic (exact) mass is 871 g/mol. The second-order valence-corrected chi connectivity index (χ2v) is 18.0. The minimum absolute atomic E-state index is 0.00340. The molecule has 2 aromatic heterocycles. The number of hydrogen-bond acceptors (Lipinski definition) is 11. The van der Waals surface area contributed by atoms with Crippen LogP contribution in [0.5, 0.6) is 0 Å². The highest BCUT2D eigenvalue weighted by Gasteiger charge is 2.34. The van der Waals surface area contributed by atoms with E-state index in [0.29, 0.717) is 87.1 Å². The van der Waals surface area contributed by atoms with Crippen molar-refractivity contribution in [3.63, 3.8) is 0 Å². The molecule has 338 valence electrons. The van der Waals surface area contributed by atoms with Crippen molar-refractivity contribution in [3.05, 3.63) is 87.9 Å². The third-order valence-corrected chi connectivity index (χ3v) is 13.3. The summed E-state index contributed by atoms with van der Waals surface area (Å²) in [6.07, 6.45) is 8.38. The smallest absolute Gasteiger partial charge is 0.259 e. The van der Waals surface area contributed by atoms with Gasteiger partial charge in [-0.2, -0.15) is 5.10 Å². The molecule has 3 fully saturated rings. The number of carbonyl (C=O) groups excluding carboxylic acids is 4. The van der Waals surface area contributed by atoms with Crippen LogP contribution in [0.3, 0.4) is 0 Å². The lowest BCUT2D eigenvalue weighted by molar-refractivity contribution is -0.140. The first-order chi connectivity index (χ1) is 31.1. The van der Waals surface area contributed by atoms with Crippen LogP contribution in [-0.2, 0) is 43.6 Å². The van der Waals surface area contributed by atoms with Gasteiger partial charge in [-0.25, -0.2) is 9.50 Å². The van der Waals surface area contributed by atoms with E-state index in [0.717, 1.165) is 75.0 Å². The molecule has 3 saturated heterocycles. The van der Waals surface area contributed by atoms with Gasteiger partial charge in [0, 0.05) is 51.2 Å². The molecule has 0 saturated carbocycles. The van der Waals surface area contributed by atoms with Crippen LogP contribution in [0.25, 0.3) is 5.52 Å². The molecular weight excluding hydrogens is 811 g/mol. The Kier molecular flexibility index (Phi) is 14.4. The number of imide groups is 1. The summed E-state index contributed by atoms with van der Waals surface area (Å²) in [6, 6.07) is 13.9. The molecular formula is C49H61N9O6. The number of hydrogen-bond donors (Lipinski definition) is 3. The SMILES string of the molecule is COCc1ccc(NC(=O)c2c(C#CC3CCN(C(=O)CCCCN4CCC(c5ccc6c(c5)CN(C5CCC(=O)NC5=O)COC6)CC4)CC3)c(C(C)C)n3ncnc(N)c23)cc1. The van der Waals surface area contributed by atoms with E-state index in [1.807, 2.05) is 43.0 Å². The normalized spacial score (nSPS) is 19.2. The first kappa shape index (κ1) is 44.9. The standard InChI is InChI=1S/C49H61N9O6/c1-32(2)45-40(44(46-47(50)51-30-52-58(45)46)49(62)53-39-12-7-34(8-13-39)28-63-3)14-9-33-17-24-56(25-18-33)43(60)6-4-5-21-55-22-19-35(20-23-55)36-10-11-37-29-64-31-57(27-38(37)26-36)41-15-16-42(59)54-48(41)61/h7-8,10-13,26,30,32-33,35,41H,4-6,15-25,27-29,31H2,1-3H3,(H,53,62)(H2,50,51,52)(H,54,59,61). The first-order valence-corrected chi connectivity index (χ1v) is 22.9. The largest absolute Gasteiger partial charge is 0.382 e. The summed E-state index contributed by atoms with van der Waals surface area (Å²) in [5.74, 6) is 7.07. The molecule has 6 heterocycles. The Morgan fingerprint density at radius 2 is 1.78 bits per heavy atom. The highest BCUT2D eigenvalue weighted by Crippen LogP contribution is 2.33. The third-order valence-electron chi connectivity index (χ3n) is 13.3.